The van der Waals surface area contributed by atoms with Gasteiger partial charge in [-0.25, -0.2) is 9.78 Å². The Bertz CT molecular complexity index is 980. The Balaban J connectivity index is 1.66. The highest BCUT2D eigenvalue weighted by Gasteiger charge is 2.18. The van der Waals surface area contributed by atoms with E-state index in [0.717, 1.165) is 12.8 Å². The number of amides is 2. The van der Waals surface area contributed by atoms with Gasteiger partial charge in [0.2, 0.25) is 5.91 Å². The fourth-order valence-corrected chi connectivity index (χ4v) is 2.81. The third-order valence-corrected chi connectivity index (χ3v) is 4.32. The van der Waals surface area contributed by atoms with Crippen molar-refractivity contribution < 1.29 is 19.1 Å². The number of esters is 1. The van der Waals surface area contributed by atoms with Crippen LogP contribution >= 0.6 is 0 Å². The molecule has 0 fully saturated rings. The molecule has 3 rings (SSSR count). The first kappa shape index (κ1) is 18.6. The zero-order valence-electron chi connectivity index (χ0n) is 15.2. The molecule has 0 bridgehead atoms. The molecule has 1 aliphatic rings. The lowest BCUT2D eigenvalue weighted by Gasteiger charge is -2.11. The summed E-state index contributed by atoms with van der Waals surface area (Å²) in [6.07, 6.45) is 1.60. The Hall–Kier alpha value is -3.23. The minimum absolute atomic E-state index is 0.114. The van der Waals surface area contributed by atoms with Gasteiger partial charge in [-0.2, -0.15) is 0 Å². The normalized spacial score (nSPS) is 12.5. The zero-order chi connectivity index (χ0) is 19.6. The number of nitrogens with one attached hydrogen (secondary N) is 1. The molecule has 9 nitrogen and oxygen atoms in total. The van der Waals surface area contributed by atoms with Crippen molar-refractivity contribution in [3.8, 4) is 0 Å². The Kier molecular flexibility index (Phi) is 5.20. The lowest BCUT2D eigenvalue weighted by atomic mass is 10.1. The molecule has 0 spiro atoms. The molecular formula is C18H20N4O5. The third-order valence-electron chi connectivity index (χ3n) is 4.32. The Labute approximate surface area is 154 Å². The van der Waals surface area contributed by atoms with Crippen molar-refractivity contribution in [2.24, 2.45) is 0 Å². The van der Waals surface area contributed by atoms with E-state index in [4.69, 9.17) is 4.74 Å². The molecule has 0 atom stereocenters. The molecule has 0 saturated carbocycles. The summed E-state index contributed by atoms with van der Waals surface area (Å²) < 4.78 is 6.62. The first-order valence-corrected chi connectivity index (χ1v) is 8.54. The van der Waals surface area contributed by atoms with Gasteiger partial charge >= 0.3 is 5.97 Å². The summed E-state index contributed by atoms with van der Waals surface area (Å²) in [5.74, 6) is -0.834. The molecule has 1 N–H and O–H groups in total. The molecule has 2 amide bonds. The highest BCUT2D eigenvalue weighted by Crippen LogP contribution is 2.16. The van der Waals surface area contributed by atoms with Crippen LogP contribution in [-0.2, 0) is 27.3 Å². The fourth-order valence-electron chi connectivity index (χ4n) is 2.81. The van der Waals surface area contributed by atoms with Crippen LogP contribution < -0.4 is 10.9 Å². The van der Waals surface area contributed by atoms with Crippen LogP contribution in [-0.4, -0.2) is 59.5 Å². The average Bonchev–Trinajstić information content (AvgIpc) is 3.12. The van der Waals surface area contributed by atoms with Gasteiger partial charge < -0.3 is 15.0 Å². The van der Waals surface area contributed by atoms with Gasteiger partial charge in [0, 0.05) is 27.1 Å². The predicted octanol–water partition coefficient (Wildman–Crippen LogP) is -0.296. The molecule has 0 saturated heterocycles. The second-order valence-electron chi connectivity index (χ2n) is 6.46. The molecule has 0 aliphatic carbocycles. The topological polar surface area (TPSA) is 111 Å². The highest BCUT2D eigenvalue weighted by atomic mass is 16.5. The number of nitrogens with zero attached hydrogens (tertiary/aromatic N) is 3. The second-order valence-corrected chi connectivity index (χ2v) is 6.46. The van der Waals surface area contributed by atoms with E-state index in [0.29, 0.717) is 23.3 Å². The van der Waals surface area contributed by atoms with E-state index in [2.05, 4.69) is 10.3 Å². The van der Waals surface area contributed by atoms with E-state index in [1.54, 1.807) is 24.7 Å². The van der Waals surface area contributed by atoms with Gasteiger partial charge in [0.05, 0.1) is 23.0 Å². The second kappa shape index (κ2) is 7.56. The molecule has 0 radical (unpaired) electrons. The number of aromatic nitrogens is 2. The summed E-state index contributed by atoms with van der Waals surface area (Å²) in [7, 11) is 3.15. The summed E-state index contributed by atoms with van der Waals surface area (Å²) >= 11 is 0. The molecule has 2 heterocycles. The van der Waals surface area contributed by atoms with E-state index in [9.17, 15) is 19.2 Å². The van der Waals surface area contributed by atoms with Crippen LogP contribution in [0.15, 0.2) is 23.0 Å². The zero-order valence-corrected chi connectivity index (χ0v) is 15.2. The third kappa shape index (κ3) is 3.97. The minimum Gasteiger partial charge on any atom is -0.452 e. The molecule has 1 aromatic heterocycles. The van der Waals surface area contributed by atoms with Gasteiger partial charge in [-0.15, -0.1) is 0 Å². The van der Waals surface area contributed by atoms with Crippen molar-refractivity contribution in [3.05, 3.63) is 39.9 Å². The standard InChI is InChI=1S/C18H20N4O5/c1-21(2)16(24)9-19-15(23)10-27-18(26)11-5-6-12-13(8-11)20-14-4-3-7-22(14)17(12)25/h5-6,8H,3-4,7,9-10H2,1-2H3,(H,19,23). The Morgan fingerprint density at radius 2 is 2.07 bits per heavy atom. The van der Waals surface area contributed by atoms with E-state index in [-0.39, 0.29) is 23.6 Å². The number of likely N-dealkylation sites (N-methyl/N-ethyl adjacent to an activating group) is 1. The van der Waals surface area contributed by atoms with Crippen molar-refractivity contribution >= 4 is 28.7 Å². The SMILES string of the molecule is CN(C)C(=O)CNC(=O)COC(=O)c1ccc2c(=O)n3c(nc2c1)CCC3. The van der Waals surface area contributed by atoms with E-state index in [1.165, 1.54) is 17.0 Å². The molecular weight excluding hydrogens is 352 g/mol. The molecule has 1 aliphatic heterocycles. The first-order chi connectivity index (χ1) is 12.9. The number of benzene rings is 1. The van der Waals surface area contributed by atoms with Crippen molar-refractivity contribution in [1.82, 2.24) is 19.8 Å². The van der Waals surface area contributed by atoms with Crippen LogP contribution in [0.3, 0.4) is 0 Å². The van der Waals surface area contributed by atoms with Crippen molar-refractivity contribution in [2.75, 3.05) is 27.2 Å². The summed E-state index contributed by atoms with van der Waals surface area (Å²) in [6.45, 7) is -0.0114. The van der Waals surface area contributed by atoms with Gasteiger partial charge in [-0.05, 0) is 24.6 Å². The van der Waals surface area contributed by atoms with Crippen molar-refractivity contribution in [2.45, 2.75) is 19.4 Å². The largest absolute Gasteiger partial charge is 0.452 e. The number of hydrogen-bond acceptors (Lipinski definition) is 6. The van der Waals surface area contributed by atoms with E-state index < -0.39 is 18.5 Å². The molecule has 9 heteroatoms. The predicted molar refractivity (Wildman–Crippen MR) is 96.3 cm³/mol. The maximum Gasteiger partial charge on any atom is 0.338 e. The van der Waals surface area contributed by atoms with Gasteiger partial charge in [0.15, 0.2) is 6.61 Å². The smallest absolute Gasteiger partial charge is 0.338 e. The lowest BCUT2D eigenvalue weighted by Crippen LogP contribution is -2.38. The quantitative estimate of drug-likeness (QED) is 0.722. The van der Waals surface area contributed by atoms with Crippen LogP contribution in [0, 0.1) is 0 Å². The Morgan fingerprint density at radius 3 is 2.81 bits per heavy atom. The van der Waals surface area contributed by atoms with Gasteiger partial charge in [-0.1, -0.05) is 0 Å². The van der Waals surface area contributed by atoms with E-state index >= 15 is 0 Å². The summed E-state index contributed by atoms with van der Waals surface area (Å²) in [6, 6.07) is 4.51. The Morgan fingerprint density at radius 1 is 1.30 bits per heavy atom. The van der Waals surface area contributed by atoms with Gasteiger partial charge in [0.25, 0.3) is 11.5 Å². The number of hydrogen-bond donors (Lipinski definition) is 1. The average molecular weight is 372 g/mol. The van der Waals surface area contributed by atoms with Crippen LogP contribution in [0.1, 0.15) is 22.6 Å². The lowest BCUT2D eigenvalue weighted by molar-refractivity contribution is -0.131. The minimum atomic E-state index is -0.701. The maximum absolute atomic E-state index is 12.4. The molecule has 27 heavy (non-hydrogen) atoms. The number of fused-ring (bicyclic) bond motifs is 2. The summed E-state index contributed by atoms with van der Waals surface area (Å²) in [5.41, 5.74) is 0.524. The van der Waals surface area contributed by atoms with Crippen molar-refractivity contribution in [3.63, 3.8) is 0 Å². The van der Waals surface area contributed by atoms with Gasteiger partial charge in [0.1, 0.15) is 5.82 Å². The molecule has 2 aromatic rings. The number of aryl methyl sites for hydroxylation is 1. The monoisotopic (exact) mass is 372 g/mol. The summed E-state index contributed by atoms with van der Waals surface area (Å²) in [4.78, 5) is 53.5. The number of carbonyl (C=O) groups is 3. The van der Waals surface area contributed by atoms with Crippen LogP contribution in [0.2, 0.25) is 0 Å². The van der Waals surface area contributed by atoms with Crippen LogP contribution in [0.25, 0.3) is 10.9 Å². The molecule has 1 aromatic carbocycles. The van der Waals surface area contributed by atoms with Crippen molar-refractivity contribution in [1.29, 1.82) is 0 Å². The van der Waals surface area contributed by atoms with Crippen LogP contribution in [0.5, 0.6) is 0 Å². The molecule has 142 valence electrons. The number of rotatable bonds is 5. The fraction of sp³-hybridized carbons (Fsp3) is 0.389. The number of ether oxygens (including phenoxy) is 1. The van der Waals surface area contributed by atoms with E-state index in [1.807, 2.05) is 0 Å². The highest BCUT2D eigenvalue weighted by molar-refractivity contribution is 5.95. The van der Waals surface area contributed by atoms with Gasteiger partial charge in [-0.3, -0.25) is 19.0 Å². The number of carbonyl (C=O) groups excluding carboxylic acids is 3. The summed E-state index contributed by atoms with van der Waals surface area (Å²) in [5, 5.41) is 2.81. The van der Waals surface area contributed by atoms with Crippen LogP contribution in [0.4, 0.5) is 0 Å². The first-order valence-electron chi connectivity index (χ1n) is 8.54. The maximum atomic E-state index is 12.4. The molecule has 0 unspecified atom stereocenters.